The van der Waals surface area contributed by atoms with Gasteiger partial charge in [0, 0.05) is 38.8 Å². The molecule has 7 heteroatoms. The Bertz CT molecular complexity index is 445. The van der Waals surface area contributed by atoms with Crippen LogP contribution in [0.3, 0.4) is 0 Å². The minimum atomic E-state index is -0.248. The summed E-state index contributed by atoms with van der Waals surface area (Å²) in [7, 11) is 0. The molecule has 0 aromatic rings. The topological polar surface area (TPSA) is 79.1 Å². The summed E-state index contributed by atoms with van der Waals surface area (Å²) in [5.41, 5.74) is 5.28. The molecular weight excluding hydrogens is 308 g/mol. The van der Waals surface area contributed by atoms with Crippen LogP contribution in [0.15, 0.2) is 0 Å². The van der Waals surface area contributed by atoms with E-state index >= 15 is 0 Å². The smallest absolute Gasteiger partial charge is 0.231 e. The van der Waals surface area contributed by atoms with Crippen LogP contribution in [-0.2, 0) is 14.3 Å². The molecule has 0 spiro atoms. The van der Waals surface area contributed by atoms with E-state index in [1.165, 1.54) is 0 Å². The number of likely N-dealkylation sites (tertiary alicyclic amines) is 2. The van der Waals surface area contributed by atoms with Crippen LogP contribution in [0, 0.1) is 5.92 Å². The van der Waals surface area contributed by atoms with Crippen LogP contribution >= 0.6 is 0 Å². The van der Waals surface area contributed by atoms with E-state index in [9.17, 15) is 9.59 Å². The number of carbonyl (C=O) groups is 2. The predicted molar refractivity (Wildman–Crippen MR) is 90.4 cm³/mol. The average Bonchev–Trinajstić information content (AvgIpc) is 2.62. The fraction of sp³-hybridized carbons (Fsp3) is 0.882. The van der Waals surface area contributed by atoms with Crippen LogP contribution in [0.25, 0.3) is 0 Å². The summed E-state index contributed by atoms with van der Waals surface area (Å²) in [5.74, 6) is 0.206. The highest BCUT2D eigenvalue weighted by molar-refractivity contribution is 5.79. The molecule has 0 aromatic carbocycles. The Hall–Kier alpha value is -1.18. The highest BCUT2D eigenvalue weighted by Gasteiger charge is 2.33. The number of hydrogen-bond donors (Lipinski definition) is 1. The Morgan fingerprint density at radius 1 is 1.00 bits per heavy atom. The molecule has 24 heavy (non-hydrogen) atoms. The van der Waals surface area contributed by atoms with E-state index in [0.717, 1.165) is 65.0 Å². The zero-order valence-corrected chi connectivity index (χ0v) is 14.5. The molecule has 1 atom stereocenters. The number of amides is 2. The zero-order valence-electron chi connectivity index (χ0n) is 14.5. The van der Waals surface area contributed by atoms with Crippen molar-refractivity contribution in [1.82, 2.24) is 14.7 Å². The van der Waals surface area contributed by atoms with Gasteiger partial charge in [0.25, 0.3) is 0 Å². The Kier molecular flexibility index (Phi) is 6.08. The number of piperidine rings is 2. The van der Waals surface area contributed by atoms with Crippen LogP contribution in [0.5, 0.6) is 0 Å². The second-order valence-electron chi connectivity index (χ2n) is 7.25. The molecule has 0 aromatic heterocycles. The lowest BCUT2D eigenvalue weighted by atomic mass is 9.92. The van der Waals surface area contributed by atoms with Crippen LogP contribution in [0.1, 0.15) is 25.7 Å². The Morgan fingerprint density at radius 2 is 1.71 bits per heavy atom. The molecule has 3 heterocycles. The lowest BCUT2D eigenvalue weighted by molar-refractivity contribution is -0.142. The monoisotopic (exact) mass is 338 g/mol. The number of hydrogen-bond acceptors (Lipinski definition) is 5. The molecule has 0 saturated carbocycles. The van der Waals surface area contributed by atoms with E-state index in [1.54, 1.807) is 0 Å². The summed E-state index contributed by atoms with van der Waals surface area (Å²) >= 11 is 0. The third-order valence-electron chi connectivity index (χ3n) is 5.58. The number of carbonyl (C=O) groups excluding carboxylic acids is 2. The van der Waals surface area contributed by atoms with Crippen molar-refractivity contribution < 1.29 is 14.3 Å². The quantitative estimate of drug-likeness (QED) is 0.748. The largest absolute Gasteiger partial charge is 0.378 e. The fourth-order valence-electron chi connectivity index (χ4n) is 4.24. The van der Waals surface area contributed by atoms with E-state index in [4.69, 9.17) is 10.5 Å². The maximum absolute atomic E-state index is 12.7. The maximum Gasteiger partial charge on any atom is 0.231 e. The van der Waals surface area contributed by atoms with E-state index in [0.29, 0.717) is 31.7 Å². The molecule has 0 bridgehead atoms. The van der Waals surface area contributed by atoms with E-state index in [1.807, 2.05) is 4.90 Å². The zero-order chi connectivity index (χ0) is 16.9. The molecule has 3 aliphatic heterocycles. The number of nitrogens with zero attached hydrogens (tertiary/aromatic N) is 3. The molecule has 136 valence electrons. The second-order valence-corrected chi connectivity index (χ2v) is 7.25. The minimum absolute atomic E-state index is 0.139. The fourth-order valence-corrected chi connectivity index (χ4v) is 4.24. The molecule has 3 aliphatic rings. The van der Waals surface area contributed by atoms with Crippen molar-refractivity contribution in [3.8, 4) is 0 Å². The normalized spacial score (nSPS) is 28.0. The number of primary amides is 1. The molecule has 3 saturated heterocycles. The summed E-state index contributed by atoms with van der Waals surface area (Å²) in [6, 6.07) is 0.536. The van der Waals surface area contributed by atoms with Crippen molar-refractivity contribution >= 4 is 11.8 Å². The lowest BCUT2D eigenvalue weighted by Crippen LogP contribution is -2.53. The number of ether oxygens (including phenoxy) is 1. The van der Waals surface area contributed by atoms with Gasteiger partial charge < -0.3 is 15.4 Å². The Labute approximate surface area is 144 Å². The molecule has 0 unspecified atom stereocenters. The number of nitrogens with two attached hydrogens (primary N) is 1. The van der Waals surface area contributed by atoms with E-state index in [2.05, 4.69) is 9.80 Å². The molecule has 3 rings (SSSR count). The number of morpholine rings is 1. The SMILES string of the molecule is NC(=O)CN1CCC(N2CCC[C@H](C(=O)N3CCOCC3)C2)CC1. The molecule has 0 aliphatic carbocycles. The third-order valence-corrected chi connectivity index (χ3v) is 5.58. The molecule has 2 N–H and O–H groups in total. The standard InChI is InChI=1S/C17H30N4O3/c18-16(22)13-19-6-3-15(4-7-19)21-5-1-2-14(12-21)17(23)20-8-10-24-11-9-20/h14-15H,1-13H2,(H2,18,22)/t14-/m0/s1. The van der Waals surface area contributed by atoms with Gasteiger partial charge in [-0.15, -0.1) is 0 Å². The van der Waals surface area contributed by atoms with Gasteiger partial charge in [-0.3, -0.25) is 19.4 Å². The van der Waals surface area contributed by atoms with Crippen molar-refractivity contribution in [2.45, 2.75) is 31.7 Å². The summed E-state index contributed by atoms with van der Waals surface area (Å²) in [4.78, 5) is 30.4. The van der Waals surface area contributed by atoms with Crippen molar-refractivity contribution in [3.63, 3.8) is 0 Å². The Balaban J connectivity index is 1.49. The first-order valence-corrected chi connectivity index (χ1v) is 9.24. The van der Waals surface area contributed by atoms with Crippen LogP contribution in [0.2, 0.25) is 0 Å². The highest BCUT2D eigenvalue weighted by atomic mass is 16.5. The molecule has 2 amide bonds. The molecule has 0 radical (unpaired) electrons. The second kappa shape index (κ2) is 8.27. The van der Waals surface area contributed by atoms with Gasteiger partial charge in [0.1, 0.15) is 0 Å². The van der Waals surface area contributed by atoms with E-state index < -0.39 is 0 Å². The average molecular weight is 338 g/mol. The summed E-state index contributed by atoms with van der Waals surface area (Å²) in [6.45, 7) is 7.00. The molecular formula is C17H30N4O3. The van der Waals surface area contributed by atoms with Crippen molar-refractivity contribution in [3.05, 3.63) is 0 Å². The van der Waals surface area contributed by atoms with Gasteiger partial charge >= 0.3 is 0 Å². The third kappa shape index (κ3) is 4.46. The van der Waals surface area contributed by atoms with Crippen LogP contribution in [0.4, 0.5) is 0 Å². The summed E-state index contributed by atoms with van der Waals surface area (Å²) in [5, 5.41) is 0. The van der Waals surface area contributed by atoms with Crippen LogP contribution in [-0.4, -0.2) is 91.6 Å². The lowest BCUT2D eigenvalue weighted by Gasteiger charge is -2.42. The van der Waals surface area contributed by atoms with Gasteiger partial charge in [0.2, 0.25) is 11.8 Å². The first-order chi connectivity index (χ1) is 11.6. The van der Waals surface area contributed by atoms with Crippen LogP contribution < -0.4 is 5.73 Å². The maximum atomic E-state index is 12.7. The highest BCUT2D eigenvalue weighted by Crippen LogP contribution is 2.25. The summed E-state index contributed by atoms with van der Waals surface area (Å²) in [6.07, 6.45) is 4.23. The predicted octanol–water partition coefficient (Wildman–Crippen LogP) is -0.493. The van der Waals surface area contributed by atoms with Crippen molar-refractivity contribution in [2.24, 2.45) is 11.7 Å². The minimum Gasteiger partial charge on any atom is -0.378 e. The first-order valence-electron chi connectivity index (χ1n) is 9.24. The van der Waals surface area contributed by atoms with Crippen molar-refractivity contribution in [1.29, 1.82) is 0 Å². The Morgan fingerprint density at radius 3 is 2.38 bits per heavy atom. The van der Waals surface area contributed by atoms with Gasteiger partial charge in [-0.25, -0.2) is 0 Å². The summed E-state index contributed by atoms with van der Waals surface area (Å²) < 4.78 is 5.35. The van der Waals surface area contributed by atoms with Gasteiger partial charge in [0.05, 0.1) is 25.7 Å². The molecule has 3 fully saturated rings. The first kappa shape index (κ1) is 17.6. The van der Waals surface area contributed by atoms with Gasteiger partial charge in [-0.1, -0.05) is 0 Å². The molecule has 7 nitrogen and oxygen atoms in total. The van der Waals surface area contributed by atoms with Gasteiger partial charge in [0.15, 0.2) is 0 Å². The van der Waals surface area contributed by atoms with Crippen molar-refractivity contribution in [2.75, 3.05) is 59.0 Å². The number of rotatable bonds is 4. The van der Waals surface area contributed by atoms with Gasteiger partial charge in [-0.05, 0) is 32.2 Å². The van der Waals surface area contributed by atoms with E-state index in [-0.39, 0.29) is 11.8 Å². The van der Waals surface area contributed by atoms with Gasteiger partial charge in [-0.2, -0.15) is 0 Å².